The highest BCUT2D eigenvalue weighted by atomic mass is 32.2. The first kappa shape index (κ1) is 13.3. The number of ether oxygens (including phenoxy) is 1. The van der Waals surface area contributed by atoms with Crippen LogP contribution in [0.15, 0.2) is 0 Å². The summed E-state index contributed by atoms with van der Waals surface area (Å²) in [6.07, 6.45) is 7.89. The topological polar surface area (TPSA) is 21.3 Å². The van der Waals surface area contributed by atoms with Gasteiger partial charge in [0.2, 0.25) is 0 Å². The maximum atomic E-state index is 6.00. The number of nitrogens with one attached hydrogen (secondary N) is 1. The summed E-state index contributed by atoms with van der Waals surface area (Å²) in [5, 5.41) is 3.70. The molecule has 5 unspecified atom stereocenters. The Balaban J connectivity index is 1.55. The van der Waals surface area contributed by atoms with E-state index in [1.54, 1.807) is 0 Å². The molecule has 1 aliphatic heterocycles. The van der Waals surface area contributed by atoms with E-state index in [0.717, 1.165) is 30.9 Å². The molecule has 1 heterocycles. The lowest BCUT2D eigenvalue weighted by atomic mass is 9.83. The fourth-order valence-corrected chi connectivity index (χ4v) is 5.30. The van der Waals surface area contributed by atoms with Crippen LogP contribution >= 0.6 is 11.8 Å². The fourth-order valence-electron chi connectivity index (χ4n) is 4.36. The van der Waals surface area contributed by atoms with Crippen LogP contribution in [-0.2, 0) is 4.74 Å². The summed E-state index contributed by atoms with van der Waals surface area (Å²) in [5.74, 6) is 5.49. The molecule has 2 bridgehead atoms. The van der Waals surface area contributed by atoms with E-state index >= 15 is 0 Å². The molecule has 2 saturated carbocycles. The van der Waals surface area contributed by atoms with Crippen LogP contribution in [0.4, 0.5) is 0 Å². The standard InChI is InChI=1S/C15H27NOS/c1-2-16-14(15-10-18-6-5-17-15)9-13-8-11-3-4-12(13)7-11/h11-16H,2-10H2,1H3. The van der Waals surface area contributed by atoms with E-state index in [1.807, 2.05) is 0 Å². The van der Waals surface area contributed by atoms with Crippen molar-refractivity contribution >= 4 is 11.8 Å². The molecule has 5 atom stereocenters. The molecule has 0 spiro atoms. The molecule has 0 amide bonds. The SMILES string of the molecule is CCNC(CC1CC2CCC1C2)C1CSCCO1. The lowest BCUT2D eigenvalue weighted by molar-refractivity contribution is 0.0376. The van der Waals surface area contributed by atoms with Crippen molar-refractivity contribution in [2.45, 2.75) is 51.2 Å². The van der Waals surface area contributed by atoms with E-state index in [4.69, 9.17) is 4.74 Å². The van der Waals surface area contributed by atoms with Crippen LogP contribution in [0.25, 0.3) is 0 Å². The molecule has 3 aliphatic rings. The number of rotatable bonds is 5. The van der Waals surface area contributed by atoms with E-state index in [-0.39, 0.29) is 0 Å². The van der Waals surface area contributed by atoms with Crippen molar-refractivity contribution in [3.63, 3.8) is 0 Å². The maximum Gasteiger partial charge on any atom is 0.0818 e. The van der Waals surface area contributed by atoms with Crippen molar-refractivity contribution in [1.82, 2.24) is 5.32 Å². The second-order valence-electron chi connectivity index (χ2n) is 6.32. The average molecular weight is 269 g/mol. The largest absolute Gasteiger partial charge is 0.375 e. The van der Waals surface area contributed by atoms with Crippen LogP contribution in [-0.4, -0.2) is 36.8 Å². The summed E-state index contributed by atoms with van der Waals surface area (Å²) in [6.45, 7) is 4.26. The monoisotopic (exact) mass is 269 g/mol. The van der Waals surface area contributed by atoms with E-state index in [2.05, 4.69) is 24.0 Å². The molecule has 104 valence electrons. The summed E-state index contributed by atoms with van der Waals surface area (Å²) in [5.41, 5.74) is 0. The van der Waals surface area contributed by atoms with Gasteiger partial charge in [-0.2, -0.15) is 11.8 Å². The highest BCUT2D eigenvalue weighted by Crippen LogP contribution is 2.50. The van der Waals surface area contributed by atoms with Crippen molar-refractivity contribution in [3.05, 3.63) is 0 Å². The van der Waals surface area contributed by atoms with Crippen LogP contribution < -0.4 is 5.32 Å². The Morgan fingerprint density at radius 3 is 2.89 bits per heavy atom. The quantitative estimate of drug-likeness (QED) is 0.829. The van der Waals surface area contributed by atoms with E-state index in [0.29, 0.717) is 12.1 Å². The van der Waals surface area contributed by atoms with Gasteiger partial charge in [-0.15, -0.1) is 0 Å². The Morgan fingerprint density at radius 2 is 2.28 bits per heavy atom. The molecule has 3 rings (SSSR count). The van der Waals surface area contributed by atoms with Gasteiger partial charge in [0.05, 0.1) is 12.7 Å². The Kier molecular flexibility index (Phi) is 4.53. The minimum absolute atomic E-state index is 0.461. The molecule has 3 heteroatoms. The van der Waals surface area contributed by atoms with Crippen LogP contribution in [0, 0.1) is 17.8 Å². The molecule has 0 aromatic carbocycles. The van der Waals surface area contributed by atoms with Crippen molar-refractivity contribution in [1.29, 1.82) is 0 Å². The number of likely N-dealkylation sites (N-methyl/N-ethyl adjacent to an activating group) is 1. The van der Waals surface area contributed by atoms with Crippen LogP contribution in [0.3, 0.4) is 0 Å². The normalized spacial score (nSPS) is 41.2. The summed E-state index contributed by atoms with van der Waals surface area (Å²) >= 11 is 2.07. The van der Waals surface area contributed by atoms with Gasteiger partial charge in [0.15, 0.2) is 0 Å². The number of fused-ring (bicyclic) bond motifs is 2. The number of hydrogen-bond donors (Lipinski definition) is 1. The molecular formula is C15H27NOS. The van der Waals surface area contributed by atoms with Gasteiger partial charge in [-0.1, -0.05) is 13.3 Å². The van der Waals surface area contributed by atoms with Gasteiger partial charge in [-0.05, 0) is 50.0 Å². The summed E-state index contributed by atoms with van der Waals surface area (Å²) in [7, 11) is 0. The minimum atomic E-state index is 0.461. The summed E-state index contributed by atoms with van der Waals surface area (Å²) in [6, 6.07) is 0.604. The third-order valence-electron chi connectivity index (χ3n) is 5.20. The molecule has 18 heavy (non-hydrogen) atoms. The van der Waals surface area contributed by atoms with Crippen molar-refractivity contribution in [3.8, 4) is 0 Å². The van der Waals surface area contributed by atoms with Gasteiger partial charge in [-0.3, -0.25) is 0 Å². The number of hydrogen-bond acceptors (Lipinski definition) is 3. The Labute approximate surface area is 116 Å². The number of thioether (sulfide) groups is 1. The van der Waals surface area contributed by atoms with Gasteiger partial charge < -0.3 is 10.1 Å². The van der Waals surface area contributed by atoms with Gasteiger partial charge in [0.25, 0.3) is 0 Å². The average Bonchev–Trinajstić information content (AvgIpc) is 3.01. The van der Waals surface area contributed by atoms with Crippen molar-refractivity contribution in [2.75, 3.05) is 24.7 Å². The van der Waals surface area contributed by atoms with Crippen LogP contribution in [0.5, 0.6) is 0 Å². The van der Waals surface area contributed by atoms with E-state index in [1.165, 1.54) is 43.6 Å². The van der Waals surface area contributed by atoms with Gasteiger partial charge in [-0.25, -0.2) is 0 Å². The summed E-state index contributed by atoms with van der Waals surface area (Å²) < 4.78 is 6.00. The highest BCUT2D eigenvalue weighted by molar-refractivity contribution is 7.99. The third kappa shape index (κ3) is 2.88. The molecule has 2 nitrogen and oxygen atoms in total. The molecule has 1 N–H and O–H groups in total. The van der Waals surface area contributed by atoms with Gasteiger partial charge in [0, 0.05) is 17.5 Å². The molecule has 1 saturated heterocycles. The fraction of sp³-hybridized carbons (Fsp3) is 1.00. The van der Waals surface area contributed by atoms with Crippen LogP contribution in [0.2, 0.25) is 0 Å². The second-order valence-corrected chi connectivity index (χ2v) is 7.47. The first-order chi connectivity index (χ1) is 8.86. The molecule has 0 aromatic rings. The predicted octanol–water partition coefficient (Wildman–Crippen LogP) is 2.92. The first-order valence-electron chi connectivity index (χ1n) is 7.79. The Morgan fingerprint density at radius 1 is 1.33 bits per heavy atom. The zero-order chi connectivity index (χ0) is 12.4. The zero-order valence-electron chi connectivity index (χ0n) is 11.6. The molecule has 0 radical (unpaired) electrons. The second kappa shape index (κ2) is 6.15. The summed E-state index contributed by atoms with van der Waals surface area (Å²) in [4.78, 5) is 0. The molecular weight excluding hydrogens is 242 g/mol. The van der Waals surface area contributed by atoms with Crippen LogP contribution in [0.1, 0.15) is 39.0 Å². The maximum absolute atomic E-state index is 6.00. The first-order valence-corrected chi connectivity index (χ1v) is 8.95. The van der Waals surface area contributed by atoms with Crippen molar-refractivity contribution in [2.24, 2.45) is 17.8 Å². The molecule has 2 aliphatic carbocycles. The highest BCUT2D eigenvalue weighted by Gasteiger charge is 2.41. The molecule has 0 aromatic heterocycles. The van der Waals surface area contributed by atoms with Gasteiger partial charge >= 0.3 is 0 Å². The third-order valence-corrected chi connectivity index (χ3v) is 6.22. The smallest absolute Gasteiger partial charge is 0.0818 e. The van der Waals surface area contributed by atoms with E-state index in [9.17, 15) is 0 Å². The predicted molar refractivity (Wildman–Crippen MR) is 78.1 cm³/mol. The van der Waals surface area contributed by atoms with E-state index < -0.39 is 0 Å². The van der Waals surface area contributed by atoms with Crippen molar-refractivity contribution < 1.29 is 4.74 Å². The minimum Gasteiger partial charge on any atom is -0.375 e. The lowest BCUT2D eigenvalue weighted by Gasteiger charge is -2.34. The Hall–Kier alpha value is 0.270. The molecule has 3 fully saturated rings. The zero-order valence-corrected chi connectivity index (χ0v) is 12.4. The lowest BCUT2D eigenvalue weighted by Crippen LogP contribution is -2.46. The Bertz CT molecular complexity index is 267. The van der Waals surface area contributed by atoms with Gasteiger partial charge in [0.1, 0.15) is 0 Å².